The van der Waals surface area contributed by atoms with E-state index in [0.717, 1.165) is 11.1 Å². The maximum Gasteiger partial charge on any atom is 0.315 e. The van der Waals surface area contributed by atoms with E-state index in [1.165, 1.54) is 0 Å². The topological polar surface area (TPSA) is 59.6 Å². The van der Waals surface area contributed by atoms with E-state index in [1.807, 2.05) is 30.3 Å². The number of urea groups is 1. The van der Waals surface area contributed by atoms with Crippen molar-refractivity contribution in [2.45, 2.75) is 6.54 Å². The Bertz CT molecular complexity index is 797. The summed E-state index contributed by atoms with van der Waals surface area (Å²) in [5.74, 6) is 7.04. The van der Waals surface area contributed by atoms with Crippen molar-refractivity contribution in [1.82, 2.24) is 10.6 Å². The highest BCUT2D eigenvalue weighted by molar-refractivity contribution is 6.31. The highest BCUT2D eigenvalue weighted by Crippen LogP contribution is 2.27. The molecule has 6 heteroatoms. The number of rotatable bonds is 5. The molecule has 0 saturated heterocycles. The van der Waals surface area contributed by atoms with E-state index in [0.29, 0.717) is 23.1 Å². The quantitative estimate of drug-likeness (QED) is 0.807. The summed E-state index contributed by atoms with van der Waals surface area (Å²) < 4.78 is 10.4. The van der Waals surface area contributed by atoms with Crippen molar-refractivity contribution in [3.05, 3.63) is 58.6 Å². The molecule has 0 spiro atoms. The molecule has 25 heavy (non-hydrogen) atoms. The summed E-state index contributed by atoms with van der Waals surface area (Å²) in [7, 11) is 3.15. The highest BCUT2D eigenvalue weighted by Gasteiger charge is 2.05. The summed E-state index contributed by atoms with van der Waals surface area (Å²) in [6.45, 7) is 0.590. The lowest BCUT2D eigenvalue weighted by atomic mass is 10.2. The smallest absolute Gasteiger partial charge is 0.315 e. The van der Waals surface area contributed by atoms with E-state index < -0.39 is 0 Å². The molecule has 0 aliphatic rings. The molecule has 0 aliphatic carbocycles. The van der Waals surface area contributed by atoms with E-state index >= 15 is 0 Å². The van der Waals surface area contributed by atoms with Gasteiger partial charge in [-0.2, -0.15) is 0 Å². The van der Waals surface area contributed by atoms with Crippen molar-refractivity contribution < 1.29 is 14.3 Å². The van der Waals surface area contributed by atoms with E-state index in [1.54, 1.807) is 26.4 Å². The summed E-state index contributed by atoms with van der Waals surface area (Å²) >= 11 is 6.01. The SMILES string of the molecule is COc1ccc(CNC(=O)NCC#Cc2ccccc2Cl)cc1OC. The third-order valence-corrected chi connectivity index (χ3v) is 3.66. The van der Waals surface area contributed by atoms with Crippen LogP contribution in [0.25, 0.3) is 0 Å². The molecule has 2 N–H and O–H groups in total. The van der Waals surface area contributed by atoms with Crippen molar-refractivity contribution in [3.8, 4) is 23.3 Å². The van der Waals surface area contributed by atoms with Crippen LogP contribution in [0, 0.1) is 11.8 Å². The molecule has 0 aliphatic heterocycles. The van der Waals surface area contributed by atoms with Crippen LogP contribution >= 0.6 is 11.6 Å². The molecule has 0 radical (unpaired) electrons. The van der Waals surface area contributed by atoms with Gasteiger partial charge in [0.15, 0.2) is 11.5 Å². The average molecular weight is 359 g/mol. The lowest BCUT2D eigenvalue weighted by Crippen LogP contribution is -2.35. The predicted octanol–water partition coefficient (Wildman–Crippen LogP) is 3.21. The maximum atomic E-state index is 11.8. The summed E-state index contributed by atoms with van der Waals surface area (Å²) in [4.78, 5) is 11.8. The number of methoxy groups -OCH3 is 2. The second kappa shape index (κ2) is 9.45. The fraction of sp³-hybridized carbons (Fsp3) is 0.211. The maximum absolute atomic E-state index is 11.8. The van der Waals surface area contributed by atoms with Crippen molar-refractivity contribution in [3.63, 3.8) is 0 Å². The van der Waals surface area contributed by atoms with Crippen molar-refractivity contribution >= 4 is 17.6 Å². The van der Waals surface area contributed by atoms with Crippen molar-refractivity contribution in [2.75, 3.05) is 20.8 Å². The Labute approximate surface area is 152 Å². The molecule has 2 aromatic carbocycles. The molecule has 0 fully saturated rings. The van der Waals surface area contributed by atoms with Crippen molar-refractivity contribution in [2.24, 2.45) is 0 Å². The van der Waals surface area contributed by atoms with E-state index in [-0.39, 0.29) is 12.6 Å². The Morgan fingerprint density at radius 3 is 2.56 bits per heavy atom. The standard InChI is InChI=1S/C19H19ClN2O3/c1-24-17-10-9-14(12-18(17)25-2)13-22-19(23)21-11-5-7-15-6-3-4-8-16(15)20/h3-4,6,8-10,12H,11,13H2,1-2H3,(H2,21,22,23). The molecule has 0 bridgehead atoms. The summed E-state index contributed by atoms with van der Waals surface area (Å²) in [6.07, 6.45) is 0. The molecule has 2 rings (SSSR count). The van der Waals surface area contributed by atoms with Gasteiger partial charge in [-0.15, -0.1) is 0 Å². The molecular formula is C19H19ClN2O3. The van der Waals surface area contributed by atoms with E-state index in [9.17, 15) is 4.79 Å². The number of carbonyl (C=O) groups excluding carboxylic acids is 1. The van der Waals surface area contributed by atoms with Gasteiger partial charge in [-0.3, -0.25) is 0 Å². The van der Waals surface area contributed by atoms with Gasteiger partial charge in [0.25, 0.3) is 0 Å². The number of hydrogen-bond donors (Lipinski definition) is 2. The number of hydrogen-bond acceptors (Lipinski definition) is 3. The molecule has 130 valence electrons. The van der Waals surface area contributed by atoms with Gasteiger partial charge in [-0.05, 0) is 29.8 Å². The number of ether oxygens (including phenoxy) is 2. The summed E-state index contributed by atoms with van der Waals surface area (Å²) in [5.41, 5.74) is 1.63. The first-order valence-electron chi connectivity index (χ1n) is 7.60. The number of amides is 2. The van der Waals surface area contributed by atoms with Crippen molar-refractivity contribution in [1.29, 1.82) is 0 Å². The Hall–Kier alpha value is -2.84. The lowest BCUT2D eigenvalue weighted by Gasteiger charge is -2.10. The van der Waals surface area contributed by atoms with Crippen LogP contribution in [-0.2, 0) is 6.54 Å². The van der Waals surface area contributed by atoms with Crippen LogP contribution in [0.4, 0.5) is 4.79 Å². The van der Waals surface area contributed by atoms with Crippen LogP contribution in [0.1, 0.15) is 11.1 Å². The minimum atomic E-state index is -0.303. The molecule has 0 saturated carbocycles. The first-order chi connectivity index (χ1) is 12.1. The Kier molecular flexibility index (Phi) is 7.00. The molecule has 0 heterocycles. The van der Waals surface area contributed by atoms with Crippen LogP contribution in [0.2, 0.25) is 5.02 Å². The Balaban J connectivity index is 1.81. The first kappa shape index (κ1) is 18.5. The Morgan fingerprint density at radius 2 is 1.84 bits per heavy atom. The van der Waals surface area contributed by atoms with Gasteiger partial charge in [0, 0.05) is 12.1 Å². The second-order valence-corrected chi connectivity index (χ2v) is 5.41. The van der Waals surface area contributed by atoms with Gasteiger partial charge in [-0.25, -0.2) is 4.79 Å². The van der Waals surface area contributed by atoms with Crippen LogP contribution in [0.3, 0.4) is 0 Å². The first-order valence-corrected chi connectivity index (χ1v) is 7.98. The monoisotopic (exact) mass is 358 g/mol. The number of halogens is 1. The molecule has 0 atom stereocenters. The molecule has 0 unspecified atom stereocenters. The minimum absolute atomic E-state index is 0.225. The summed E-state index contributed by atoms with van der Waals surface area (Å²) in [6, 6.07) is 12.5. The molecule has 2 amide bonds. The average Bonchev–Trinajstić information content (AvgIpc) is 2.64. The largest absolute Gasteiger partial charge is 0.493 e. The van der Waals surface area contributed by atoms with Crippen LogP contribution < -0.4 is 20.1 Å². The number of nitrogens with one attached hydrogen (secondary N) is 2. The third kappa shape index (κ3) is 5.63. The van der Waals surface area contributed by atoms with Gasteiger partial charge in [0.05, 0.1) is 25.8 Å². The minimum Gasteiger partial charge on any atom is -0.493 e. The van der Waals surface area contributed by atoms with Gasteiger partial charge in [0.2, 0.25) is 0 Å². The molecular weight excluding hydrogens is 340 g/mol. The number of benzene rings is 2. The molecule has 0 aromatic heterocycles. The zero-order chi connectivity index (χ0) is 18.1. The zero-order valence-corrected chi connectivity index (χ0v) is 14.8. The molecule has 5 nitrogen and oxygen atoms in total. The lowest BCUT2D eigenvalue weighted by molar-refractivity contribution is 0.241. The highest BCUT2D eigenvalue weighted by atomic mass is 35.5. The van der Waals surface area contributed by atoms with E-state index in [4.69, 9.17) is 21.1 Å². The third-order valence-electron chi connectivity index (χ3n) is 3.34. The fourth-order valence-corrected chi connectivity index (χ4v) is 2.24. The zero-order valence-electron chi connectivity index (χ0n) is 14.1. The predicted molar refractivity (Wildman–Crippen MR) is 98.1 cm³/mol. The second-order valence-electron chi connectivity index (χ2n) is 5.01. The van der Waals surface area contributed by atoms with Gasteiger partial charge in [-0.1, -0.05) is 41.6 Å². The van der Waals surface area contributed by atoms with Crippen LogP contribution in [0.5, 0.6) is 11.5 Å². The van der Waals surface area contributed by atoms with Gasteiger partial charge >= 0.3 is 6.03 Å². The normalized spacial score (nSPS) is 9.56. The van der Waals surface area contributed by atoms with Crippen LogP contribution in [0.15, 0.2) is 42.5 Å². The van der Waals surface area contributed by atoms with Gasteiger partial charge in [0.1, 0.15) is 0 Å². The van der Waals surface area contributed by atoms with Crippen LogP contribution in [-0.4, -0.2) is 26.8 Å². The Morgan fingerprint density at radius 1 is 1.08 bits per heavy atom. The summed E-state index contributed by atoms with van der Waals surface area (Å²) in [5, 5.41) is 6.02. The van der Waals surface area contributed by atoms with E-state index in [2.05, 4.69) is 22.5 Å². The van der Waals surface area contributed by atoms with Gasteiger partial charge < -0.3 is 20.1 Å². The number of carbonyl (C=O) groups is 1. The molecule has 2 aromatic rings. The fourth-order valence-electron chi connectivity index (χ4n) is 2.06.